The summed E-state index contributed by atoms with van der Waals surface area (Å²) in [7, 11) is 4.25. The van der Waals surface area contributed by atoms with Gasteiger partial charge in [-0.2, -0.15) is 0 Å². The van der Waals surface area contributed by atoms with Crippen LogP contribution in [0.2, 0.25) is 0 Å². The second-order valence-corrected chi connectivity index (χ2v) is 7.97. The van der Waals surface area contributed by atoms with Crippen molar-refractivity contribution in [2.75, 3.05) is 27.9 Å². The van der Waals surface area contributed by atoms with Crippen LogP contribution in [0.15, 0.2) is 12.1 Å². The third-order valence-electron chi connectivity index (χ3n) is 5.81. The van der Waals surface area contributed by atoms with Crippen LogP contribution in [0.3, 0.4) is 0 Å². The number of methoxy groups -OCH3 is 3. The first kappa shape index (κ1) is 26.7. The van der Waals surface area contributed by atoms with Gasteiger partial charge in [0.25, 0.3) is 0 Å². The van der Waals surface area contributed by atoms with Crippen LogP contribution in [0.5, 0.6) is 23.0 Å². The molecule has 6 N–H and O–H groups in total. The number of benzene rings is 1. The van der Waals surface area contributed by atoms with Gasteiger partial charge < -0.3 is 63.8 Å². The van der Waals surface area contributed by atoms with E-state index in [1.807, 2.05) is 0 Å². The smallest absolute Gasteiger partial charge is 0.229 e. The molecule has 2 heterocycles. The molecule has 1 aromatic rings. The Labute approximate surface area is 195 Å². The summed E-state index contributed by atoms with van der Waals surface area (Å²) in [5, 5.41) is 60.9. The SMILES string of the molecule is COc1cc(O[C@@H]2O[C@@H](CO)[C@@H](O)[C@H](O)[C@H]2O[C@H]2O[C@H](C)[C@@H](O)[C@@H](O)[C@H]2O)cc(OC)c1OC. The van der Waals surface area contributed by atoms with Gasteiger partial charge in [-0.05, 0) is 6.92 Å². The van der Waals surface area contributed by atoms with Gasteiger partial charge in [0.05, 0.1) is 34.0 Å². The van der Waals surface area contributed by atoms with Crippen molar-refractivity contribution in [1.29, 1.82) is 0 Å². The van der Waals surface area contributed by atoms with Gasteiger partial charge in [-0.3, -0.25) is 0 Å². The van der Waals surface area contributed by atoms with Gasteiger partial charge in [0.2, 0.25) is 12.0 Å². The van der Waals surface area contributed by atoms with Crippen molar-refractivity contribution in [3.8, 4) is 23.0 Å². The first-order chi connectivity index (χ1) is 16.2. The van der Waals surface area contributed by atoms with Gasteiger partial charge in [-0.1, -0.05) is 0 Å². The van der Waals surface area contributed by atoms with Crippen molar-refractivity contribution in [1.82, 2.24) is 0 Å². The lowest BCUT2D eigenvalue weighted by Gasteiger charge is -2.45. The Bertz CT molecular complexity index is 782. The number of aliphatic hydroxyl groups excluding tert-OH is 6. The average molecular weight is 492 g/mol. The fourth-order valence-electron chi connectivity index (χ4n) is 3.84. The molecule has 0 aliphatic carbocycles. The van der Waals surface area contributed by atoms with E-state index in [0.29, 0.717) is 5.75 Å². The monoisotopic (exact) mass is 492 g/mol. The second-order valence-electron chi connectivity index (χ2n) is 7.97. The van der Waals surface area contributed by atoms with Crippen LogP contribution >= 0.6 is 0 Å². The van der Waals surface area contributed by atoms with E-state index in [1.54, 1.807) is 0 Å². The summed E-state index contributed by atoms with van der Waals surface area (Å²) in [5.41, 5.74) is 0. The van der Waals surface area contributed by atoms with Crippen LogP contribution in [0.4, 0.5) is 0 Å². The number of hydrogen-bond acceptors (Lipinski definition) is 13. The Balaban J connectivity index is 1.90. The molecule has 1 aromatic carbocycles. The Morgan fingerprint density at radius 2 is 1.38 bits per heavy atom. The molecule has 0 aromatic heterocycles. The highest BCUT2D eigenvalue weighted by Crippen LogP contribution is 2.42. The number of aliphatic hydroxyl groups is 6. The summed E-state index contributed by atoms with van der Waals surface area (Å²) in [6, 6.07) is 2.92. The molecule has 10 atom stereocenters. The lowest BCUT2D eigenvalue weighted by Crippen LogP contribution is -2.64. The van der Waals surface area contributed by atoms with Crippen LogP contribution in [-0.4, -0.2) is 120 Å². The number of ether oxygens (including phenoxy) is 7. The van der Waals surface area contributed by atoms with Crippen molar-refractivity contribution < 1.29 is 63.8 Å². The van der Waals surface area contributed by atoms with E-state index >= 15 is 0 Å². The molecule has 194 valence electrons. The summed E-state index contributed by atoms with van der Waals surface area (Å²) in [6.45, 7) is 0.828. The van der Waals surface area contributed by atoms with Gasteiger partial charge in [0, 0.05) is 12.1 Å². The molecule has 13 heteroatoms. The molecule has 0 saturated carbocycles. The van der Waals surface area contributed by atoms with Gasteiger partial charge >= 0.3 is 0 Å². The fraction of sp³-hybridized carbons (Fsp3) is 0.714. The first-order valence-corrected chi connectivity index (χ1v) is 10.6. The zero-order chi connectivity index (χ0) is 25.2. The molecule has 0 unspecified atom stereocenters. The largest absolute Gasteiger partial charge is 0.493 e. The Morgan fingerprint density at radius 3 is 1.91 bits per heavy atom. The Hall–Kier alpha value is -1.94. The Morgan fingerprint density at radius 1 is 0.765 bits per heavy atom. The number of rotatable bonds is 8. The zero-order valence-corrected chi connectivity index (χ0v) is 19.2. The predicted molar refractivity (Wildman–Crippen MR) is 112 cm³/mol. The maximum absolute atomic E-state index is 10.7. The molecule has 2 aliphatic heterocycles. The maximum atomic E-state index is 10.7. The third-order valence-corrected chi connectivity index (χ3v) is 5.81. The summed E-state index contributed by atoms with van der Waals surface area (Å²) in [5.74, 6) is 0.976. The standard InChI is InChI=1S/C21H32O13/c1-8-13(23)15(25)17(27)20(31-8)34-19-16(26)14(24)12(7-22)33-21(19)32-9-5-10(28-2)18(30-4)11(6-9)29-3/h5-6,8,12-17,19-27H,7H2,1-4H3/t8-,12+,13-,14-,15-,16+,17-,19-,20-,21-/m1/s1. The first-order valence-electron chi connectivity index (χ1n) is 10.6. The molecule has 2 fully saturated rings. The van der Waals surface area contributed by atoms with Gasteiger partial charge in [-0.25, -0.2) is 0 Å². The van der Waals surface area contributed by atoms with Crippen molar-refractivity contribution in [3.63, 3.8) is 0 Å². The van der Waals surface area contributed by atoms with Gasteiger partial charge in [-0.15, -0.1) is 0 Å². The van der Waals surface area contributed by atoms with Gasteiger partial charge in [0.15, 0.2) is 23.9 Å². The summed E-state index contributed by atoms with van der Waals surface area (Å²) >= 11 is 0. The van der Waals surface area contributed by atoms with Crippen molar-refractivity contribution >= 4 is 0 Å². The lowest BCUT2D eigenvalue weighted by molar-refractivity contribution is -0.354. The highest BCUT2D eigenvalue weighted by atomic mass is 16.8. The van der Waals surface area contributed by atoms with Crippen LogP contribution < -0.4 is 18.9 Å². The molecule has 2 saturated heterocycles. The molecule has 13 nitrogen and oxygen atoms in total. The van der Waals surface area contributed by atoms with Crippen molar-refractivity contribution in [2.24, 2.45) is 0 Å². The second kappa shape index (κ2) is 11.2. The lowest BCUT2D eigenvalue weighted by atomic mass is 9.97. The topological polar surface area (TPSA) is 186 Å². The van der Waals surface area contributed by atoms with E-state index in [0.717, 1.165) is 0 Å². The molecule has 34 heavy (non-hydrogen) atoms. The van der Waals surface area contributed by atoms with E-state index in [2.05, 4.69) is 0 Å². The predicted octanol–water partition coefficient (Wildman–Crippen LogP) is -2.26. The van der Waals surface area contributed by atoms with Crippen LogP contribution in [-0.2, 0) is 14.2 Å². The summed E-state index contributed by atoms with van der Waals surface area (Å²) < 4.78 is 38.5. The average Bonchev–Trinajstić information content (AvgIpc) is 2.84. The normalized spacial score (nSPS) is 38.3. The molecular formula is C21H32O13. The molecule has 0 amide bonds. The van der Waals surface area contributed by atoms with Crippen LogP contribution in [0.25, 0.3) is 0 Å². The van der Waals surface area contributed by atoms with Crippen LogP contribution in [0, 0.1) is 0 Å². The molecule has 0 spiro atoms. The summed E-state index contributed by atoms with van der Waals surface area (Å²) in [6.07, 6.45) is -14.3. The molecule has 2 aliphatic rings. The molecular weight excluding hydrogens is 460 g/mol. The minimum absolute atomic E-state index is 0.141. The van der Waals surface area contributed by atoms with E-state index in [9.17, 15) is 30.6 Å². The minimum atomic E-state index is -1.67. The van der Waals surface area contributed by atoms with Crippen molar-refractivity contribution in [3.05, 3.63) is 12.1 Å². The number of hydrogen-bond donors (Lipinski definition) is 6. The van der Waals surface area contributed by atoms with Gasteiger partial charge in [0.1, 0.15) is 42.4 Å². The van der Waals surface area contributed by atoms with E-state index in [1.165, 1.54) is 40.4 Å². The zero-order valence-electron chi connectivity index (χ0n) is 19.2. The molecule has 0 bridgehead atoms. The van der Waals surface area contributed by atoms with Crippen molar-refractivity contribution in [2.45, 2.75) is 68.3 Å². The van der Waals surface area contributed by atoms with E-state index < -0.39 is 68.0 Å². The summed E-state index contributed by atoms with van der Waals surface area (Å²) in [4.78, 5) is 0. The highest BCUT2D eigenvalue weighted by molar-refractivity contribution is 5.55. The maximum Gasteiger partial charge on any atom is 0.229 e. The fourth-order valence-corrected chi connectivity index (χ4v) is 3.84. The van der Waals surface area contributed by atoms with E-state index in [-0.39, 0.29) is 17.2 Å². The van der Waals surface area contributed by atoms with Crippen LogP contribution in [0.1, 0.15) is 6.92 Å². The third kappa shape index (κ3) is 5.17. The minimum Gasteiger partial charge on any atom is -0.493 e. The highest BCUT2D eigenvalue weighted by Gasteiger charge is 2.50. The molecule has 0 radical (unpaired) electrons. The molecule has 3 rings (SSSR count). The quantitative estimate of drug-likeness (QED) is 0.229. The Kier molecular flexibility index (Phi) is 8.78. The van der Waals surface area contributed by atoms with E-state index in [4.69, 9.17) is 33.2 Å².